The van der Waals surface area contributed by atoms with Crippen LogP contribution in [0.5, 0.6) is 5.75 Å². The molecule has 142 valence electrons. The number of rotatable bonds is 7. The summed E-state index contributed by atoms with van der Waals surface area (Å²) in [5, 5.41) is 0. The highest BCUT2D eigenvalue weighted by atomic mass is 32.2. The molecule has 0 radical (unpaired) electrons. The second kappa shape index (κ2) is 7.45. The molecule has 1 N–H and O–H groups in total. The third-order valence-electron chi connectivity index (χ3n) is 3.70. The van der Waals surface area contributed by atoms with Crippen molar-refractivity contribution in [3.63, 3.8) is 0 Å². The van der Waals surface area contributed by atoms with Crippen molar-refractivity contribution in [2.45, 2.75) is 16.7 Å². The van der Waals surface area contributed by atoms with Crippen molar-refractivity contribution in [2.75, 3.05) is 11.3 Å². The minimum absolute atomic E-state index is 0.0687. The number of ether oxygens (including phenoxy) is 1. The van der Waals surface area contributed by atoms with E-state index in [-0.39, 0.29) is 15.5 Å². The highest BCUT2D eigenvalue weighted by Gasteiger charge is 2.22. The van der Waals surface area contributed by atoms with Gasteiger partial charge in [0.25, 0.3) is 20.0 Å². The first-order valence-electron chi connectivity index (χ1n) is 8.08. The predicted octanol–water partition coefficient (Wildman–Crippen LogP) is 2.92. The van der Waals surface area contributed by atoms with Gasteiger partial charge in [-0.1, -0.05) is 30.3 Å². The van der Waals surface area contributed by atoms with Crippen LogP contribution in [0, 0.1) is 0 Å². The quantitative estimate of drug-likeness (QED) is 0.651. The Hall–Kier alpha value is -2.78. The molecule has 1 aromatic heterocycles. The van der Waals surface area contributed by atoms with Crippen LogP contribution in [0.4, 0.5) is 5.69 Å². The zero-order valence-corrected chi connectivity index (χ0v) is 16.1. The number of para-hydroxylation sites is 2. The number of nitrogens with zero attached hydrogens (tertiary/aromatic N) is 1. The molecule has 2 aromatic carbocycles. The number of hydrogen-bond acceptors (Lipinski definition) is 5. The van der Waals surface area contributed by atoms with Gasteiger partial charge < -0.3 is 4.74 Å². The Morgan fingerprint density at radius 3 is 2.26 bits per heavy atom. The summed E-state index contributed by atoms with van der Waals surface area (Å²) in [7, 11) is -7.86. The number of anilines is 1. The van der Waals surface area contributed by atoms with Crippen molar-refractivity contribution in [1.29, 1.82) is 0 Å². The third-order valence-corrected chi connectivity index (χ3v) is 6.70. The molecule has 9 heteroatoms. The Labute approximate surface area is 158 Å². The summed E-state index contributed by atoms with van der Waals surface area (Å²) < 4.78 is 59.2. The maximum Gasteiger partial charge on any atom is 0.267 e. The van der Waals surface area contributed by atoms with Gasteiger partial charge in [0.2, 0.25) is 0 Å². The van der Waals surface area contributed by atoms with E-state index in [4.69, 9.17) is 4.74 Å². The smallest absolute Gasteiger partial charge is 0.267 e. The number of hydrogen-bond donors (Lipinski definition) is 1. The normalized spacial score (nSPS) is 11.9. The lowest BCUT2D eigenvalue weighted by molar-refractivity contribution is 0.342. The summed E-state index contributed by atoms with van der Waals surface area (Å²) in [5.41, 5.74) is 0.276. The maximum atomic E-state index is 12.7. The lowest BCUT2D eigenvalue weighted by Gasteiger charge is -2.12. The number of aromatic nitrogens is 1. The van der Waals surface area contributed by atoms with Crippen molar-refractivity contribution >= 4 is 25.7 Å². The van der Waals surface area contributed by atoms with Gasteiger partial charge in [-0.25, -0.2) is 20.8 Å². The molecular formula is C18H18N2O5S2. The van der Waals surface area contributed by atoms with Crippen LogP contribution in [0.1, 0.15) is 6.92 Å². The molecule has 0 amide bonds. The second-order valence-electron chi connectivity index (χ2n) is 5.53. The Balaban J connectivity index is 1.92. The number of sulfonamides is 1. The summed E-state index contributed by atoms with van der Waals surface area (Å²) in [6, 6.07) is 15.6. The average molecular weight is 406 g/mol. The fourth-order valence-electron chi connectivity index (χ4n) is 2.42. The van der Waals surface area contributed by atoms with E-state index in [1.165, 1.54) is 24.4 Å². The molecule has 0 fully saturated rings. The Morgan fingerprint density at radius 1 is 0.889 bits per heavy atom. The minimum atomic E-state index is -3.99. The average Bonchev–Trinajstić information content (AvgIpc) is 3.16. The fraction of sp³-hybridized carbons (Fsp3) is 0.111. The van der Waals surface area contributed by atoms with Crippen molar-refractivity contribution in [3.8, 4) is 5.75 Å². The molecule has 0 bridgehead atoms. The summed E-state index contributed by atoms with van der Waals surface area (Å²) in [6.07, 6.45) is 2.26. The van der Waals surface area contributed by atoms with Crippen LogP contribution in [0.15, 0.2) is 82.8 Å². The summed E-state index contributed by atoms with van der Waals surface area (Å²) in [6.45, 7) is 2.17. The first-order valence-corrected chi connectivity index (χ1v) is 11.0. The number of nitrogens with one attached hydrogen (secondary N) is 1. The molecule has 7 nitrogen and oxygen atoms in total. The van der Waals surface area contributed by atoms with Gasteiger partial charge in [0.1, 0.15) is 10.6 Å². The SMILES string of the molecule is CCOc1ccccc1NS(=O)(=O)c1ccn(S(=O)(=O)c2ccccc2)c1. The summed E-state index contributed by atoms with van der Waals surface area (Å²) in [4.78, 5) is -0.104. The van der Waals surface area contributed by atoms with E-state index < -0.39 is 20.0 Å². The van der Waals surface area contributed by atoms with Gasteiger partial charge in [-0.15, -0.1) is 0 Å². The van der Waals surface area contributed by atoms with Gasteiger partial charge in [0.15, 0.2) is 0 Å². The number of benzene rings is 2. The van der Waals surface area contributed by atoms with Crippen LogP contribution < -0.4 is 9.46 Å². The van der Waals surface area contributed by atoms with Crippen molar-refractivity contribution in [2.24, 2.45) is 0 Å². The maximum absolute atomic E-state index is 12.7. The molecule has 0 aliphatic rings. The van der Waals surface area contributed by atoms with Gasteiger partial charge in [0.05, 0.1) is 17.2 Å². The van der Waals surface area contributed by atoms with Crippen molar-refractivity contribution in [1.82, 2.24) is 3.97 Å². The molecule has 27 heavy (non-hydrogen) atoms. The second-order valence-corrected chi connectivity index (χ2v) is 9.06. The van der Waals surface area contributed by atoms with E-state index in [9.17, 15) is 16.8 Å². The zero-order valence-electron chi connectivity index (χ0n) is 14.4. The highest BCUT2D eigenvalue weighted by Crippen LogP contribution is 2.27. The molecule has 0 unspecified atom stereocenters. The van der Waals surface area contributed by atoms with Crippen LogP contribution in [0.25, 0.3) is 0 Å². The Morgan fingerprint density at radius 2 is 1.56 bits per heavy atom. The van der Waals surface area contributed by atoms with Gasteiger partial charge in [-0.2, -0.15) is 0 Å². The first-order chi connectivity index (χ1) is 12.8. The molecule has 3 rings (SSSR count). The third kappa shape index (κ3) is 3.99. The van der Waals surface area contributed by atoms with E-state index >= 15 is 0 Å². The van der Waals surface area contributed by atoms with Gasteiger partial charge in [-0.05, 0) is 37.3 Å². The van der Waals surface area contributed by atoms with Crippen molar-refractivity contribution < 1.29 is 21.6 Å². The molecule has 0 saturated heterocycles. The lowest BCUT2D eigenvalue weighted by atomic mass is 10.3. The zero-order chi connectivity index (χ0) is 19.5. The minimum Gasteiger partial charge on any atom is -0.492 e. The first kappa shape index (κ1) is 19.0. The molecule has 1 heterocycles. The van der Waals surface area contributed by atoms with Crippen molar-refractivity contribution in [3.05, 3.63) is 73.1 Å². The van der Waals surface area contributed by atoms with Crippen LogP contribution >= 0.6 is 0 Å². The Bertz CT molecular complexity index is 1140. The van der Waals surface area contributed by atoms with Crippen LogP contribution in [-0.4, -0.2) is 27.4 Å². The molecule has 0 atom stereocenters. The molecule has 3 aromatic rings. The molecule has 0 spiro atoms. The highest BCUT2D eigenvalue weighted by molar-refractivity contribution is 7.93. The lowest BCUT2D eigenvalue weighted by Crippen LogP contribution is -2.14. The molecule has 0 saturated carbocycles. The molecule has 0 aliphatic heterocycles. The predicted molar refractivity (Wildman–Crippen MR) is 102 cm³/mol. The Kier molecular flexibility index (Phi) is 5.24. The molecule has 0 aliphatic carbocycles. The van der Waals surface area contributed by atoms with Crippen LogP contribution in [0.2, 0.25) is 0 Å². The van der Waals surface area contributed by atoms with Crippen LogP contribution in [0.3, 0.4) is 0 Å². The van der Waals surface area contributed by atoms with E-state index in [2.05, 4.69) is 4.72 Å². The van der Waals surface area contributed by atoms with Gasteiger partial charge in [0, 0.05) is 12.4 Å². The molecular weight excluding hydrogens is 388 g/mol. The van der Waals surface area contributed by atoms with Crippen LogP contribution in [-0.2, 0) is 20.0 Å². The van der Waals surface area contributed by atoms with E-state index in [0.29, 0.717) is 12.4 Å². The fourth-order valence-corrected chi connectivity index (χ4v) is 4.77. The van der Waals surface area contributed by atoms with E-state index in [1.807, 2.05) is 0 Å². The van der Waals surface area contributed by atoms with E-state index in [0.717, 1.165) is 10.2 Å². The summed E-state index contributed by atoms with van der Waals surface area (Å²) >= 11 is 0. The van der Waals surface area contributed by atoms with Gasteiger partial charge >= 0.3 is 0 Å². The standard InChI is InChI=1S/C18H18N2O5S2/c1-2-25-18-11-7-6-10-17(18)19-26(21,22)16-12-13-20(14-16)27(23,24)15-8-4-3-5-9-15/h3-14,19H,2H2,1H3. The van der Waals surface area contributed by atoms with E-state index in [1.54, 1.807) is 49.4 Å². The topological polar surface area (TPSA) is 94.5 Å². The van der Waals surface area contributed by atoms with Gasteiger partial charge in [-0.3, -0.25) is 4.72 Å². The largest absolute Gasteiger partial charge is 0.492 e. The summed E-state index contributed by atoms with van der Waals surface area (Å²) in [5.74, 6) is 0.389. The monoisotopic (exact) mass is 406 g/mol.